The van der Waals surface area contributed by atoms with Crippen LogP contribution < -0.4 is 14.4 Å². The number of amides is 1. The first-order valence-corrected chi connectivity index (χ1v) is 10.2. The average molecular weight is 453 g/mol. The van der Waals surface area contributed by atoms with Crippen LogP contribution >= 0.6 is 0 Å². The van der Waals surface area contributed by atoms with Gasteiger partial charge in [0.2, 0.25) is 0 Å². The number of anilines is 1. The van der Waals surface area contributed by atoms with Gasteiger partial charge in [0, 0.05) is 19.8 Å². The molecular weight excluding hydrogens is 429 g/mol. The second kappa shape index (κ2) is 11.5. The number of nitrogens with zero attached hydrogens (tertiary/aromatic N) is 3. The van der Waals surface area contributed by atoms with Crippen molar-refractivity contribution in [2.45, 2.75) is 6.54 Å². The van der Waals surface area contributed by atoms with Crippen molar-refractivity contribution in [2.24, 2.45) is 0 Å². The quantitative estimate of drug-likeness (QED) is 0.499. The number of likely N-dealkylation sites (N-methyl/N-ethyl adjacent to an activating group) is 1. The molecule has 3 rings (SSSR count). The second-order valence-corrected chi connectivity index (χ2v) is 7.17. The van der Waals surface area contributed by atoms with E-state index in [9.17, 15) is 14.0 Å². The molecule has 3 aromatic rings. The smallest absolute Gasteiger partial charge is 0.416 e. The standard InChI is InChI=1S/C24H24FN3O5/c1-27(22-4-2-3-13-26-22)14-15-32-20-9-5-18(6-10-20)16-28(17-23(29)30)24(31)33-21-11-7-19(25)8-12-21/h2-13H,14-17H2,1H3,(H,29,30). The Labute approximate surface area is 190 Å². The van der Waals surface area contributed by atoms with Gasteiger partial charge in [0.1, 0.15) is 36.3 Å². The van der Waals surface area contributed by atoms with Gasteiger partial charge in [-0.1, -0.05) is 18.2 Å². The molecule has 0 atom stereocenters. The number of hydrogen-bond acceptors (Lipinski definition) is 6. The summed E-state index contributed by atoms with van der Waals surface area (Å²) in [4.78, 5) is 30.9. The molecule has 0 saturated heterocycles. The third-order valence-electron chi connectivity index (χ3n) is 4.64. The number of ether oxygens (including phenoxy) is 2. The lowest BCUT2D eigenvalue weighted by Crippen LogP contribution is -2.37. The maximum atomic E-state index is 13.0. The van der Waals surface area contributed by atoms with Crippen LogP contribution in [-0.2, 0) is 11.3 Å². The normalized spacial score (nSPS) is 10.4. The summed E-state index contributed by atoms with van der Waals surface area (Å²) >= 11 is 0. The molecule has 1 aromatic heterocycles. The SMILES string of the molecule is CN(CCOc1ccc(CN(CC(=O)O)C(=O)Oc2ccc(F)cc2)cc1)c1ccccn1. The van der Waals surface area contributed by atoms with Crippen LogP contribution in [0.4, 0.5) is 15.0 Å². The van der Waals surface area contributed by atoms with Gasteiger partial charge in [-0.05, 0) is 54.1 Å². The van der Waals surface area contributed by atoms with E-state index in [4.69, 9.17) is 14.6 Å². The third-order valence-corrected chi connectivity index (χ3v) is 4.64. The number of rotatable bonds is 10. The minimum Gasteiger partial charge on any atom is -0.492 e. The number of pyridine rings is 1. The second-order valence-electron chi connectivity index (χ2n) is 7.17. The van der Waals surface area contributed by atoms with Crippen molar-refractivity contribution in [1.29, 1.82) is 0 Å². The van der Waals surface area contributed by atoms with Gasteiger partial charge in [0.05, 0.1) is 6.54 Å². The van der Waals surface area contributed by atoms with Gasteiger partial charge < -0.3 is 19.5 Å². The zero-order valence-electron chi connectivity index (χ0n) is 18.1. The minimum absolute atomic E-state index is 0.0228. The largest absolute Gasteiger partial charge is 0.492 e. The van der Waals surface area contributed by atoms with Crippen LogP contribution in [-0.4, -0.2) is 53.8 Å². The molecule has 1 heterocycles. The van der Waals surface area contributed by atoms with E-state index in [-0.39, 0.29) is 12.3 Å². The molecule has 0 aliphatic carbocycles. The summed E-state index contributed by atoms with van der Waals surface area (Å²) < 4.78 is 23.9. The molecule has 0 radical (unpaired) electrons. The molecular formula is C24H24FN3O5. The molecule has 0 unspecified atom stereocenters. The first-order chi connectivity index (χ1) is 15.9. The summed E-state index contributed by atoms with van der Waals surface area (Å²) in [5.74, 6) is -0.0311. The van der Waals surface area contributed by atoms with Gasteiger partial charge in [-0.15, -0.1) is 0 Å². The molecule has 0 fully saturated rings. The van der Waals surface area contributed by atoms with Crippen LogP contribution in [0.25, 0.3) is 0 Å². The van der Waals surface area contributed by atoms with Gasteiger partial charge >= 0.3 is 12.1 Å². The van der Waals surface area contributed by atoms with Crippen LogP contribution in [0.3, 0.4) is 0 Å². The fourth-order valence-corrected chi connectivity index (χ4v) is 2.92. The fraction of sp³-hybridized carbons (Fsp3) is 0.208. The van der Waals surface area contributed by atoms with Gasteiger partial charge in [-0.2, -0.15) is 0 Å². The van der Waals surface area contributed by atoms with Crippen molar-refractivity contribution in [3.05, 3.63) is 84.3 Å². The van der Waals surface area contributed by atoms with Crippen molar-refractivity contribution < 1.29 is 28.6 Å². The number of benzene rings is 2. The number of aromatic nitrogens is 1. The zero-order valence-corrected chi connectivity index (χ0v) is 18.1. The highest BCUT2D eigenvalue weighted by Gasteiger charge is 2.19. The van der Waals surface area contributed by atoms with Crippen LogP contribution in [0.1, 0.15) is 5.56 Å². The summed E-state index contributed by atoms with van der Waals surface area (Å²) in [6, 6.07) is 17.6. The number of aliphatic carboxylic acids is 1. The van der Waals surface area contributed by atoms with Crippen LogP contribution in [0.5, 0.6) is 11.5 Å². The molecule has 172 valence electrons. The van der Waals surface area contributed by atoms with E-state index in [2.05, 4.69) is 4.98 Å². The Balaban J connectivity index is 1.54. The first-order valence-electron chi connectivity index (χ1n) is 10.2. The molecule has 0 bridgehead atoms. The molecule has 2 aromatic carbocycles. The molecule has 9 heteroatoms. The van der Waals surface area contributed by atoms with E-state index < -0.39 is 24.4 Å². The van der Waals surface area contributed by atoms with Crippen LogP contribution in [0.2, 0.25) is 0 Å². The molecule has 33 heavy (non-hydrogen) atoms. The molecule has 0 aliphatic heterocycles. The lowest BCUT2D eigenvalue weighted by atomic mass is 10.2. The molecule has 8 nitrogen and oxygen atoms in total. The molecule has 1 amide bonds. The average Bonchev–Trinajstić information content (AvgIpc) is 2.81. The number of hydrogen-bond donors (Lipinski definition) is 1. The lowest BCUT2D eigenvalue weighted by Gasteiger charge is -2.20. The monoisotopic (exact) mass is 453 g/mol. The summed E-state index contributed by atoms with van der Waals surface area (Å²) in [6.07, 6.45) is 0.885. The predicted molar refractivity (Wildman–Crippen MR) is 120 cm³/mol. The van der Waals surface area contributed by atoms with E-state index in [1.165, 1.54) is 12.1 Å². The Kier molecular flexibility index (Phi) is 8.18. The summed E-state index contributed by atoms with van der Waals surface area (Å²) in [5, 5.41) is 9.15. The minimum atomic E-state index is -1.18. The van der Waals surface area contributed by atoms with Gasteiger partial charge in [-0.25, -0.2) is 14.2 Å². The molecule has 1 N–H and O–H groups in total. The Bertz CT molecular complexity index is 1050. The zero-order chi connectivity index (χ0) is 23.6. The van der Waals surface area contributed by atoms with Gasteiger partial charge in [0.15, 0.2) is 0 Å². The summed E-state index contributed by atoms with van der Waals surface area (Å²) in [5.41, 5.74) is 0.699. The highest BCUT2D eigenvalue weighted by molar-refractivity contribution is 5.78. The van der Waals surface area contributed by atoms with Crippen LogP contribution in [0, 0.1) is 5.82 Å². The number of halogens is 1. The van der Waals surface area contributed by atoms with Crippen molar-refractivity contribution in [2.75, 3.05) is 31.6 Å². The first kappa shape index (κ1) is 23.5. The number of carboxylic acid groups (broad SMARTS) is 1. The highest BCUT2D eigenvalue weighted by Crippen LogP contribution is 2.17. The fourth-order valence-electron chi connectivity index (χ4n) is 2.92. The van der Waals surface area contributed by atoms with E-state index >= 15 is 0 Å². The Morgan fingerprint density at radius 1 is 1.00 bits per heavy atom. The Morgan fingerprint density at radius 3 is 2.33 bits per heavy atom. The Hall–Kier alpha value is -4.14. The lowest BCUT2D eigenvalue weighted by molar-refractivity contribution is -0.138. The number of carbonyl (C=O) groups excluding carboxylic acids is 1. The topological polar surface area (TPSA) is 92.2 Å². The van der Waals surface area contributed by atoms with Crippen molar-refractivity contribution in [1.82, 2.24) is 9.88 Å². The molecule has 0 aliphatic rings. The van der Waals surface area contributed by atoms with E-state index in [1.807, 2.05) is 30.1 Å². The maximum Gasteiger partial charge on any atom is 0.416 e. The molecule has 0 saturated carbocycles. The van der Waals surface area contributed by atoms with Crippen molar-refractivity contribution in [3.63, 3.8) is 0 Å². The van der Waals surface area contributed by atoms with E-state index in [1.54, 1.807) is 30.5 Å². The van der Waals surface area contributed by atoms with E-state index in [0.717, 1.165) is 22.9 Å². The van der Waals surface area contributed by atoms with Gasteiger partial charge in [0.25, 0.3) is 0 Å². The number of carbonyl (C=O) groups is 2. The molecule has 0 spiro atoms. The summed E-state index contributed by atoms with van der Waals surface area (Å²) in [7, 11) is 1.93. The highest BCUT2D eigenvalue weighted by atomic mass is 19.1. The van der Waals surface area contributed by atoms with E-state index in [0.29, 0.717) is 24.5 Å². The predicted octanol–water partition coefficient (Wildman–Crippen LogP) is 3.82. The van der Waals surface area contributed by atoms with Crippen molar-refractivity contribution in [3.8, 4) is 11.5 Å². The van der Waals surface area contributed by atoms with Crippen molar-refractivity contribution >= 4 is 17.9 Å². The maximum absolute atomic E-state index is 13.0. The van der Waals surface area contributed by atoms with Gasteiger partial charge in [-0.3, -0.25) is 9.69 Å². The third kappa shape index (κ3) is 7.49. The van der Waals surface area contributed by atoms with Crippen LogP contribution in [0.15, 0.2) is 72.9 Å². The Morgan fingerprint density at radius 2 is 1.70 bits per heavy atom. The summed E-state index contributed by atoms with van der Waals surface area (Å²) in [6.45, 7) is 0.565. The number of carboxylic acids is 1.